The van der Waals surface area contributed by atoms with E-state index in [9.17, 15) is 0 Å². The summed E-state index contributed by atoms with van der Waals surface area (Å²) in [5, 5.41) is 4.36. The van der Waals surface area contributed by atoms with E-state index in [-0.39, 0.29) is 0 Å². The Labute approximate surface area is 79.0 Å². The maximum absolute atomic E-state index is 3.18. The first-order valence-electron chi connectivity index (χ1n) is 4.65. The molecule has 0 unspecified atom stereocenters. The second-order valence-electron chi connectivity index (χ2n) is 2.50. The van der Waals surface area contributed by atoms with E-state index in [4.69, 9.17) is 0 Å². The number of nitrogens with one attached hydrogen (secondary N) is 2. The zero-order valence-electron chi connectivity index (χ0n) is 8.39. The van der Waals surface area contributed by atoms with Gasteiger partial charge in [-0.2, -0.15) is 0 Å². The van der Waals surface area contributed by atoms with Crippen molar-refractivity contribution in [1.29, 1.82) is 0 Å². The number of aromatic nitrogens is 1. The highest BCUT2D eigenvalue weighted by atomic mass is 14.9. The van der Waals surface area contributed by atoms with Crippen LogP contribution >= 0.6 is 0 Å². The molecule has 2 rings (SSSR count). The molecule has 0 aliphatic heterocycles. The SMILES string of the molecule is CC.CNc1c[nH]c2ccccc12. The highest BCUT2D eigenvalue weighted by Crippen LogP contribution is 2.21. The molecule has 0 saturated carbocycles. The van der Waals surface area contributed by atoms with E-state index < -0.39 is 0 Å². The summed E-state index contributed by atoms with van der Waals surface area (Å²) >= 11 is 0. The normalized spacial score (nSPS) is 9.15. The molecule has 2 heteroatoms. The number of aromatic amines is 1. The Hall–Kier alpha value is -1.44. The van der Waals surface area contributed by atoms with E-state index in [2.05, 4.69) is 22.4 Å². The van der Waals surface area contributed by atoms with E-state index in [1.807, 2.05) is 39.2 Å². The molecule has 1 aromatic heterocycles. The second kappa shape index (κ2) is 4.55. The third kappa shape index (κ3) is 1.83. The summed E-state index contributed by atoms with van der Waals surface area (Å²) in [6, 6.07) is 8.23. The Kier molecular flexibility index (Phi) is 3.38. The zero-order valence-corrected chi connectivity index (χ0v) is 8.39. The highest BCUT2D eigenvalue weighted by Gasteiger charge is 1.97. The molecule has 0 aliphatic rings. The van der Waals surface area contributed by atoms with Crippen LogP contribution in [-0.2, 0) is 0 Å². The van der Waals surface area contributed by atoms with Crippen LogP contribution in [0, 0.1) is 0 Å². The first kappa shape index (κ1) is 9.65. The van der Waals surface area contributed by atoms with E-state index >= 15 is 0 Å². The van der Waals surface area contributed by atoms with Crippen LogP contribution in [0.3, 0.4) is 0 Å². The number of fused-ring (bicyclic) bond motifs is 1. The molecule has 13 heavy (non-hydrogen) atoms. The van der Waals surface area contributed by atoms with E-state index in [0.29, 0.717) is 0 Å². The molecule has 1 aromatic carbocycles. The third-order valence-corrected chi connectivity index (χ3v) is 1.86. The monoisotopic (exact) mass is 176 g/mol. The quantitative estimate of drug-likeness (QED) is 0.686. The molecule has 0 saturated heterocycles. The molecule has 0 amide bonds. The fourth-order valence-corrected chi connectivity index (χ4v) is 1.28. The topological polar surface area (TPSA) is 27.8 Å². The van der Waals surface area contributed by atoms with Crippen LogP contribution in [0.5, 0.6) is 0 Å². The van der Waals surface area contributed by atoms with Crippen molar-refractivity contribution in [3.63, 3.8) is 0 Å². The first-order chi connectivity index (χ1) is 6.42. The molecular weight excluding hydrogens is 160 g/mol. The van der Waals surface area contributed by atoms with Gasteiger partial charge in [-0.15, -0.1) is 0 Å². The maximum Gasteiger partial charge on any atom is 0.0595 e. The van der Waals surface area contributed by atoms with Crippen molar-refractivity contribution in [2.75, 3.05) is 12.4 Å². The predicted molar refractivity (Wildman–Crippen MR) is 59.2 cm³/mol. The van der Waals surface area contributed by atoms with Crippen molar-refractivity contribution >= 4 is 16.6 Å². The van der Waals surface area contributed by atoms with Gasteiger partial charge in [-0.3, -0.25) is 0 Å². The molecule has 0 spiro atoms. The molecule has 2 N–H and O–H groups in total. The van der Waals surface area contributed by atoms with Gasteiger partial charge in [0.2, 0.25) is 0 Å². The molecule has 0 bridgehead atoms. The summed E-state index contributed by atoms with van der Waals surface area (Å²) in [7, 11) is 1.93. The lowest BCUT2D eigenvalue weighted by Gasteiger charge is -1.93. The number of para-hydroxylation sites is 1. The van der Waals surface area contributed by atoms with Gasteiger partial charge in [-0.1, -0.05) is 32.0 Å². The summed E-state index contributed by atoms with van der Waals surface area (Å²) < 4.78 is 0. The summed E-state index contributed by atoms with van der Waals surface area (Å²) in [5.74, 6) is 0. The average molecular weight is 176 g/mol. The van der Waals surface area contributed by atoms with E-state index in [1.54, 1.807) is 0 Å². The molecule has 0 atom stereocenters. The lowest BCUT2D eigenvalue weighted by molar-refractivity contribution is 1.45. The third-order valence-electron chi connectivity index (χ3n) is 1.86. The first-order valence-corrected chi connectivity index (χ1v) is 4.65. The van der Waals surface area contributed by atoms with Crippen LogP contribution in [0.4, 0.5) is 5.69 Å². The molecule has 2 aromatic rings. The van der Waals surface area contributed by atoms with E-state index in [1.165, 1.54) is 10.9 Å². The van der Waals surface area contributed by atoms with Crippen molar-refractivity contribution in [3.05, 3.63) is 30.5 Å². The minimum Gasteiger partial charge on any atom is -0.386 e. The minimum absolute atomic E-state index is 1.15. The Morgan fingerprint density at radius 3 is 2.54 bits per heavy atom. The van der Waals surface area contributed by atoms with Crippen LogP contribution in [0.2, 0.25) is 0 Å². The lowest BCUT2D eigenvalue weighted by atomic mass is 10.2. The molecule has 0 fully saturated rings. The van der Waals surface area contributed by atoms with Gasteiger partial charge in [0.25, 0.3) is 0 Å². The second-order valence-corrected chi connectivity index (χ2v) is 2.50. The van der Waals surface area contributed by atoms with Gasteiger partial charge in [0.15, 0.2) is 0 Å². The maximum atomic E-state index is 3.18. The molecule has 0 radical (unpaired) electrons. The van der Waals surface area contributed by atoms with Gasteiger partial charge >= 0.3 is 0 Å². The van der Waals surface area contributed by atoms with Gasteiger partial charge in [-0.05, 0) is 6.07 Å². The van der Waals surface area contributed by atoms with Crippen LogP contribution in [0.25, 0.3) is 10.9 Å². The predicted octanol–water partition coefficient (Wildman–Crippen LogP) is 3.24. The zero-order chi connectivity index (χ0) is 9.68. The Morgan fingerprint density at radius 2 is 1.85 bits per heavy atom. The number of hydrogen-bond acceptors (Lipinski definition) is 1. The van der Waals surface area contributed by atoms with Gasteiger partial charge in [0, 0.05) is 24.1 Å². The molecule has 0 aliphatic carbocycles. The molecule has 1 heterocycles. The fourth-order valence-electron chi connectivity index (χ4n) is 1.28. The Bertz CT molecular complexity index is 363. The van der Waals surface area contributed by atoms with Crippen LogP contribution in [0.15, 0.2) is 30.5 Å². The van der Waals surface area contributed by atoms with Gasteiger partial charge in [0.05, 0.1) is 5.69 Å². The Balaban J connectivity index is 0.000000396. The number of H-pyrrole nitrogens is 1. The van der Waals surface area contributed by atoms with Crippen LogP contribution in [0.1, 0.15) is 13.8 Å². The van der Waals surface area contributed by atoms with E-state index in [0.717, 1.165) is 5.69 Å². The van der Waals surface area contributed by atoms with Crippen LogP contribution < -0.4 is 5.32 Å². The summed E-state index contributed by atoms with van der Waals surface area (Å²) in [5.41, 5.74) is 2.33. The molecule has 70 valence electrons. The highest BCUT2D eigenvalue weighted by molar-refractivity contribution is 5.92. The smallest absolute Gasteiger partial charge is 0.0595 e. The summed E-state index contributed by atoms with van der Waals surface area (Å²) in [6.07, 6.45) is 1.98. The number of hydrogen-bond donors (Lipinski definition) is 2. The molecule has 2 nitrogen and oxygen atoms in total. The van der Waals surface area contributed by atoms with Crippen molar-refractivity contribution in [2.45, 2.75) is 13.8 Å². The van der Waals surface area contributed by atoms with Crippen molar-refractivity contribution < 1.29 is 0 Å². The average Bonchev–Trinajstić information content (AvgIpc) is 2.64. The number of anilines is 1. The summed E-state index contributed by atoms with van der Waals surface area (Å²) in [4.78, 5) is 3.18. The fraction of sp³-hybridized carbons (Fsp3) is 0.273. The van der Waals surface area contributed by atoms with Gasteiger partial charge < -0.3 is 10.3 Å². The minimum atomic E-state index is 1.15. The van der Waals surface area contributed by atoms with Gasteiger partial charge in [-0.25, -0.2) is 0 Å². The standard InChI is InChI=1S/C9H10N2.C2H6/c1-10-9-6-11-8-5-3-2-4-7(8)9;1-2/h2-6,10-11H,1H3;1-2H3. The van der Waals surface area contributed by atoms with Crippen LogP contribution in [-0.4, -0.2) is 12.0 Å². The Morgan fingerprint density at radius 1 is 1.15 bits per heavy atom. The summed E-state index contributed by atoms with van der Waals surface area (Å²) in [6.45, 7) is 4.00. The van der Waals surface area contributed by atoms with Crippen molar-refractivity contribution in [1.82, 2.24) is 4.98 Å². The number of rotatable bonds is 1. The van der Waals surface area contributed by atoms with Crippen molar-refractivity contribution in [2.24, 2.45) is 0 Å². The largest absolute Gasteiger partial charge is 0.386 e. The van der Waals surface area contributed by atoms with Crippen molar-refractivity contribution in [3.8, 4) is 0 Å². The van der Waals surface area contributed by atoms with Gasteiger partial charge in [0.1, 0.15) is 0 Å². The number of benzene rings is 1. The molecular formula is C11H16N2. The lowest BCUT2D eigenvalue weighted by Crippen LogP contribution is -1.83.